The highest BCUT2D eigenvalue weighted by molar-refractivity contribution is 7.08. The minimum atomic E-state index is 0.176. The number of pyridine rings is 1. The van der Waals surface area contributed by atoms with E-state index in [4.69, 9.17) is 4.98 Å². The number of thiophene rings is 1. The van der Waals surface area contributed by atoms with Gasteiger partial charge in [0.1, 0.15) is 0 Å². The van der Waals surface area contributed by atoms with Crippen molar-refractivity contribution in [2.24, 2.45) is 0 Å². The Hall–Kier alpha value is -1.71. The fourth-order valence-electron chi connectivity index (χ4n) is 2.56. The van der Waals surface area contributed by atoms with E-state index in [2.05, 4.69) is 60.3 Å². The lowest BCUT2D eigenvalue weighted by molar-refractivity contribution is 0.619. The summed E-state index contributed by atoms with van der Waals surface area (Å²) in [6.07, 6.45) is 0. The molecule has 3 aromatic rings. The highest BCUT2D eigenvalue weighted by Gasteiger charge is 2.16. The van der Waals surface area contributed by atoms with Crippen LogP contribution < -0.4 is 5.32 Å². The molecule has 1 unspecified atom stereocenters. The predicted octanol–water partition coefficient (Wildman–Crippen LogP) is 4.30. The molecule has 0 aliphatic rings. The van der Waals surface area contributed by atoms with E-state index in [1.807, 2.05) is 6.07 Å². The monoisotopic (exact) mass is 282 g/mol. The van der Waals surface area contributed by atoms with Crippen molar-refractivity contribution in [1.29, 1.82) is 0 Å². The van der Waals surface area contributed by atoms with E-state index in [1.54, 1.807) is 11.3 Å². The normalized spacial score (nSPS) is 12.7. The third-order valence-electron chi connectivity index (χ3n) is 3.52. The van der Waals surface area contributed by atoms with E-state index in [9.17, 15) is 0 Å². The first kappa shape index (κ1) is 13.3. The summed E-state index contributed by atoms with van der Waals surface area (Å²) >= 11 is 1.73. The molecule has 2 nitrogen and oxygen atoms in total. The van der Waals surface area contributed by atoms with Crippen LogP contribution >= 0.6 is 11.3 Å². The van der Waals surface area contributed by atoms with Crippen molar-refractivity contribution in [2.75, 3.05) is 6.54 Å². The van der Waals surface area contributed by atoms with Crippen LogP contribution in [0.25, 0.3) is 10.9 Å². The Balaban J connectivity index is 2.11. The molecular formula is C17H18N2S. The van der Waals surface area contributed by atoms with Crippen LogP contribution in [0.2, 0.25) is 0 Å². The summed E-state index contributed by atoms with van der Waals surface area (Å²) in [4.78, 5) is 4.85. The first-order valence-electron chi connectivity index (χ1n) is 6.91. The molecule has 0 saturated heterocycles. The van der Waals surface area contributed by atoms with E-state index in [0.717, 1.165) is 17.8 Å². The van der Waals surface area contributed by atoms with Crippen molar-refractivity contribution in [3.8, 4) is 0 Å². The number of benzene rings is 1. The van der Waals surface area contributed by atoms with Crippen molar-refractivity contribution in [3.63, 3.8) is 0 Å². The number of hydrogen-bond donors (Lipinski definition) is 1. The lowest BCUT2D eigenvalue weighted by Gasteiger charge is -2.18. The number of fused-ring (bicyclic) bond motifs is 1. The molecule has 0 bridgehead atoms. The summed E-state index contributed by atoms with van der Waals surface area (Å²) in [7, 11) is 0. The maximum absolute atomic E-state index is 4.85. The molecule has 1 atom stereocenters. The molecule has 0 spiro atoms. The van der Waals surface area contributed by atoms with Gasteiger partial charge in [-0.15, -0.1) is 0 Å². The standard InChI is InChI=1S/C17H18N2S/c1-3-18-17(13-8-9-20-11-13)16-10-12(2)14-6-4-5-7-15(14)19-16/h4-11,17-18H,3H2,1-2H3. The van der Waals surface area contributed by atoms with Crippen LogP contribution in [-0.4, -0.2) is 11.5 Å². The molecule has 0 aliphatic heterocycles. The van der Waals surface area contributed by atoms with Crippen LogP contribution in [-0.2, 0) is 0 Å². The molecule has 102 valence electrons. The minimum Gasteiger partial charge on any atom is -0.305 e. The van der Waals surface area contributed by atoms with Crippen molar-refractivity contribution < 1.29 is 0 Å². The van der Waals surface area contributed by atoms with Crippen LogP contribution in [0, 0.1) is 6.92 Å². The van der Waals surface area contributed by atoms with E-state index in [0.29, 0.717) is 0 Å². The second kappa shape index (κ2) is 5.73. The van der Waals surface area contributed by atoms with Gasteiger partial charge < -0.3 is 5.32 Å². The topological polar surface area (TPSA) is 24.9 Å². The molecule has 3 rings (SSSR count). The lowest BCUT2D eigenvalue weighted by Crippen LogP contribution is -2.22. The van der Waals surface area contributed by atoms with Gasteiger partial charge in [-0.1, -0.05) is 25.1 Å². The molecule has 0 aliphatic carbocycles. The summed E-state index contributed by atoms with van der Waals surface area (Å²) in [5.74, 6) is 0. The maximum atomic E-state index is 4.85. The number of para-hydroxylation sites is 1. The molecule has 0 amide bonds. The molecule has 1 aromatic carbocycles. The van der Waals surface area contributed by atoms with Crippen LogP contribution in [0.15, 0.2) is 47.2 Å². The van der Waals surface area contributed by atoms with Gasteiger partial charge in [0.25, 0.3) is 0 Å². The Kier molecular flexibility index (Phi) is 3.81. The Labute approximate surface area is 123 Å². The third kappa shape index (κ3) is 2.47. The number of aryl methyl sites for hydroxylation is 1. The molecule has 0 saturated carbocycles. The van der Waals surface area contributed by atoms with Crippen LogP contribution in [0.4, 0.5) is 0 Å². The molecule has 3 heteroatoms. The average molecular weight is 282 g/mol. The highest BCUT2D eigenvalue weighted by atomic mass is 32.1. The summed E-state index contributed by atoms with van der Waals surface area (Å²) in [5, 5.41) is 9.08. The van der Waals surface area contributed by atoms with E-state index in [1.165, 1.54) is 16.5 Å². The Morgan fingerprint density at radius 1 is 1.25 bits per heavy atom. The number of hydrogen-bond acceptors (Lipinski definition) is 3. The zero-order valence-electron chi connectivity index (χ0n) is 11.8. The van der Waals surface area contributed by atoms with Crippen LogP contribution in [0.5, 0.6) is 0 Å². The number of nitrogens with zero attached hydrogens (tertiary/aromatic N) is 1. The smallest absolute Gasteiger partial charge is 0.0759 e. The largest absolute Gasteiger partial charge is 0.305 e. The van der Waals surface area contributed by atoms with E-state index in [-0.39, 0.29) is 6.04 Å². The fourth-order valence-corrected chi connectivity index (χ4v) is 3.25. The summed E-state index contributed by atoms with van der Waals surface area (Å²) < 4.78 is 0. The summed E-state index contributed by atoms with van der Waals surface area (Å²) in [6.45, 7) is 5.21. The Bertz CT molecular complexity index is 704. The van der Waals surface area contributed by atoms with Gasteiger partial charge in [-0.25, -0.2) is 0 Å². The second-order valence-electron chi connectivity index (χ2n) is 4.93. The SMILES string of the molecule is CCNC(c1ccsc1)c1cc(C)c2ccccc2n1. The van der Waals surface area contributed by atoms with Gasteiger partial charge in [0.05, 0.1) is 17.3 Å². The van der Waals surface area contributed by atoms with Gasteiger partial charge in [0.2, 0.25) is 0 Å². The zero-order valence-corrected chi connectivity index (χ0v) is 12.6. The van der Waals surface area contributed by atoms with Crippen LogP contribution in [0.3, 0.4) is 0 Å². The maximum Gasteiger partial charge on any atom is 0.0759 e. The average Bonchev–Trinajstić information content (AvgIpc) is 2.98. The number of aromatic nitrogens is 1. The predicted molar refractivity (Wildman–Crippen MR) is 86.3 cm³/mol. The Morgan fingerprint density at radius 2 is 2.10 bits per heavy atom. The molecule has 20 heavy (non-hydrogen) atoms. The lowest BCUT2D eigenvalue weighted by atomic mass is 10.0. The van der Waals surface area contributed by atoms with Gasteiger partial charge >= 0.3 is 0 Å². The van der Waals surface area contributed by atoms with Crippen molar-refractivity contribution in [3.05, 3.63) is 64.0 Å². The number of rotatable bonds is 4. The molecule has 2 heterocycles. The zero-order chi connectivity index (χ0) is 13.9. The van der Waals surface area contributed by atoms with E-state index < -0.39 is 0 Å². The van der Waals surface area contributed by atoms with Crippen molar-refractivity contribution in [2.45, 2.75) is 19.9 Å². The first-order valence-corrected chi connectivity index (χ1v) is 7.85. The second-order valence-corrected chi connectivity index (χ2v) is 5.71. The van der Waals surface area contributed by atoms with Gasteiger partial charge in [-0.05, 0) is 53.6 Å². The highest BCUT2D eigenvalue weighted by Crippen LogP contribution is 2.26. The fraction of sp³-hybridized carbons (Fsp3) is 0.235. The summed E-state index contributed by atoms with van der Waals surface area (Å²) in [5.41, 5.74) is 4.74. The quantitative estimate of drug-likeness (QED) is 0.771. The minimum absolute atomic E-state index is 0.176. The van der Waals surface area contributed by atoms with Gasteiger partial charge in [0.15, 0.2) is 0 Å². The summed E-state index contributed by atoms with van der Waals surface area (Å²) in [6, 6.07) is 12.9. The molecule has 1 N–H and O–H groups in total. The van der Waals surface area contributed by atoms with Gasteiger partial charge in [0, 0.05) is 5.39 Å². The van der Waals surface area contributed by atoms with Crippen molar-refractivity contribution in [1.82, 2.24) is 10.3 Å². The Morgan fingerprint density at radius 3 is 2.85 bits per heavy atom. The molecular weight excluding hydrogens is 264 g/mol. The van der Waals surface area contributed by atoms with Gasteiger partial charge in [-0.3, -0.25) is 4.98 Å². The van der Waals surface area contributed by atoms with Crippen molar-refractivity contribution >= 4 is 22.2 Å². The van der Waals surface area contributed by atoms with Crippen LogP contribution in [0.1, 0.15) is 29.8 Å². The molecule has 2 aromatic heterocycles. The molecule has 0 fully saturated rings. The molecule has 0 radical (unpaired) electrons. The number of nitrogens with one attached hydrogen (secondary N) is 1. The first-order chi connectivity index (χ1) is 9.79. The third-order valence-corrected chi connectivity index (χ3v) is 4.22. The van der Waals surface area contributed by atoms with Gasteiger partial charge in [-0.2, -0.15) is 11.3 Å². The van der Waals surface area contributed by atoms with E-state index >= 15 is 0 Å².